The van der Waals surface area contributed by atoms with Crippen molar-refractivity contribution in [2.75, 3.05) is 28.4 Å². The van der Waals surface area contributed by atoms with Crippen molar-refractivity contribution in [3.05, 3.63) is 53.1 Å². The fourth-order valence-electron chi connectivity index (χ4n) is 2.34. The minimum Gasteiger partial charge on any atom is -0.493 e. The number of carbonyl (C=O) groups is 2. The van der Waals surface area contributed by atoms with Gasteiger partial charge in [-0.25, -0.2) is 9.59 Å². The minimum absolute atomic E-state index is 0.000325. The average molecular weight is 360 g/mol. The van der Waals surface area contributed by atoms with Crippen LogP contribution in [0.15, 0.2) is 36.4 Å². The Hall–Kier alpha value is -3.22. The Labute approximate surface area is 151 Å². The van der Waals surface area contributed by atoms with E-state index in [-0.39, 0.29) is 12.2 Å². The normalized spacial score (nSPS) is 10.0. The number of hydrogen-bond acceptors (Lipinski definition) is 7. The maximum absolute atomic E-state index is 12.4. The molecular weight excluding hydrogens is 340 g/mol. The lowest BCUT2D eigenvalue weighted by molar-refractivity contribution is 0.0472. The maximum Gasteiger partial charge on any atom is 0.338 e. The highest BCUT2D eigenvalue weighted by atomic mass is 16.5. The van der Waals surface area contributed by atoms with Crippen molar-refractivity contribution in [3.8, 4) is 17.2 Å². The monoisotopic (exact) mass is 360 g/mol. The first kappa shape index (κ1) is 19.1. The van der Waals surface area contributed by atoms with Crippen LogP contribution >= 0.6 is 0 Å². The molecule has 7 nitrogen and oxygen atoms in total. The van der Waals surface area contributed by atoms with Gasteiger partial charge in [0, 0.05) is 0 Å². The molecule has 2 aromatic rings. The molecule has 0 aliphatic rings. The highest BCUT2D eigenvalue weighted by molar-refractivity contribution is 5.91. The third-order valence-corrected chi connectivity index (χ3v) is 3.62. The second kappa shape index (κ2) is 8.75. The van der Waals surface area contributed by atoms with Crippen LogP contribution in [0.25, 0.3) is 0 Å². The standard InChI is InChI=1S/C19H20O7/c1-22-15-9-14(10-16(23-2)17(15)24-3)19(21)26-11-12-6-5-7-13(8-12)18(20)25-4/h5-10H,11H2,1-4H3. The summed E-state index contributed by atoms with van der Waals surface area (Å²) >= 11 is 0. The molecule has 2 rings (SSSR count). The van der Waals surface area contributed by atoms with Crippen LogP contribution in [0, 0.1) is 0 Å². The van der Waals surface area contributed by atoms with Gasteiger partial charge in [0.1, 0.15) is 6.61 Å². The van der Waals surface area contributed by atoms with Gasteiger partial charge in [-0.2, -0.15) is 0 Å². The van der Waals surface area contributed by atoms with Crippen molar-refractivity contribution in [1.82, 2.24) is 0 Å². The molecule has 0 saturated carbocycles. The molecule has 7 heteroatoms. The molecule has 26 heavy (non-hydrogen) atoms. The van der Waals surface area contributed by atoms with E-state index in [9.17, 15) is 9.59 Å². The average Bonchev–Trinajstić information content (AvgIpc) is 2.70. The molecule has 0 aliphatic carbocycles. The van der Waals surface area contributed by atoms with Crippen molar-refractivity contribution in [1.29, 1.82) is 0 Å². The SMILES string of the molecule is COC(=O)c1cccc(COC(=O)c2cc(OC)c(OC)c(OC)c2)c1. The molecule has 0 atom stereocenters. The quantitative estimate of drug-likeness (QED) is 0.702. The number of benzene rings is 2. The molecule has 0 aliphatic heterocycles. The highest BCUT2D eigenvalue weighted by Crippen LogP contribution is 2.38. The first-order chi connectivity index (χ1) is 12.5. The van der Waals surface area contributed by atoms with Gasteiger partial charge in [-0.15, -0.1) is 0 Å². The summed E-state index contributed by atoms with van der Waals surface area (Å²) in [6.07, 6.45) is 0. The minimum atomic E-state index is -0.562. The molecule has 0 N–H and O–H groups in total. The van der Waals surface area contributed by atoms with Gasteiger partial charge < -0.3 is 23.7 Å². The summed E-state index contributed by atoms with van der Waals surface area (Å²) in [4.78, 5) is 23.9. The zero-order chi connectivity index (χ0) is 19.1. The van der Waals surface area contributed by atoms with Crippen molar-refractivity contribution in [2.45, 2.75) is 6.61 Å². The van der Waals surface area contributed by atoms with Crippen molar-refractivity contribution >= 4 is 11.9 Å². The Balaban J connectivity index is 2.17. The Morgan fingerprint density at radius 2 is 1.46 bits per heavy atom. The van der Waals surface area contributed by atoms with Crippen LogP contribution in [0.4, 0.5) is 0 Å². The molecule has 2 aromatic carbocycles. The molecule has 0 saturated heterocycles. The number of carbonyl (C=O) groups excluding carboxylic acids is 2. The first-order valence-corrected chi connectivity index (χ1v) is 7.68. The van der Waals surface area contributed by atoms with Gasteiger partial charge in [0.05, 0.1) is 39.6 Å². The van der Waals surface area contributed by atoms with Crippen LogP contribution in [0.5, 0.6) is 17.2 Å². The van der Waals surface area contributed by atoms with Gasteiger partial charge in [-0.3, -0.25) is 0 Å². The van der Waals surface area contributed by atoms with Gasteiger partial charge in [-0.1, -0.05) is 12.1 Å². The Morgan fingerprint density at radius 1 is 0.808 bits per heavy atom. The lowest BCUT2D eigenvalue weighted by Crippen LogP contribution is -2.08. The molecule has 0 unspecified atom stereocenters. The van der Waals surface area contributed by atoms with Gasteiger partial charge in [0.2, 0.25) is 5.75 Å². The van der Waals surface area contributed by atoms with Crippen molar-refractivity contribution in [2.24, 2.45) is 0 Å². The van der Waals surface area contributed by atoms with E-state index in [0.29, 0.717) is 28.4 Å². The summed E-state index contributed by atoms with van der Waals surface area (Å²) < 4.78 is 25.7. The molecule has 0 amide bonds. The summed E-state index contributed by atoms with van der Waals surface area (Å²) in [5.41, 5.74) is 1.30. The molecule has 0 spiro atoms. The summed E-state index contributed by atoms with van der Waals surface area (Å²) in [6.45, 7) is 0.000325. The predicted molar refractivity (Wildman–Crippen MR) is 93.0 cm³/mol. The summed E-state index contributed by atoms with van der Waals surface area (Å²) in [7, 11) is 5.71. The predicted octanol–water partition coefficient (Wildman–Crippen LogP) is 2.86. The molecule has 138 valence electrons. The van der Waals surface area contributed by atoms with E-state index in [1.165, 1.54) is 40.6 Å². The van der Waals surface area contributed by atoms with Gasteiger partial charge in [0.15, 0.2) is 11.5 Å². The molecule has 0 fully saturated rings. The summed E-state index contributed by atoms with van der Waals surface area (Å²) in [5.74, 6) is 0.0748. The van der Waals surface area contributed by atoms with Gasteiger partial charge in [-0.05, 0) is 29.8 Å². The third kappa shape index (κ3) is 4.24. The number of esters is 2. The summed E-state index contributed by atoms with van der Waals surface area (Å²) in [5, 5.41) is 0. The lowest BCUT2D eigenvalue weighted by atomic mass is 10.1. The van der Waals surface area contributed by atoms with Gasteiger partial charge in [0.25, 0.3) is 0 Å². The van der Waals surface area contributed by atoms with E-state index in [4.69, 9.17) is 18.9 Å². The number of methoxy groups -OCH3 is 4. The molecule has 0 heterocycles. The number of ether oxygens (including phenoxy) is 5. The largest absolute Gasteiger partial charge is 0.493 e. The van der Waals surface area contributed by atoms with E-state index in [0.717, 1.165) is 0 Å². The Morgan fingerprint density at radius 3 is 2.00 bits per heavy atom. The topological polar surface area (TPSA) is 80.3 Å². The lowest BCUT2D eigenvalue weighted by Gasteiger charge is -2.14. The van der Waals surface area contributed by atoms with Crippen LogP contribution in [-0.4, -0.2) is 40.4 Å². The Kier molecular flexibility index (Phi) is 6.43. The van der Waals surface area contributed by atoms with Crippen molar-refractivity contribution in [3.63, 3.8) is 0 Å². The van der Waals surface area contributed by atoms with E-state index in [1.54, 1.807) is 24.3 Å². The highest BCUT2D eigenvalue weighted by Gasteiger charge is 2.18. The van der Waals surface area contributed by atoms with E-state index < -0.39 is 11.9 Å². The molecule has 0 aromatic heterocycles. The third-order valence-electron chi connectivity index (χ3n) is 3.62. The fourth-order valence-corrected chi connectivity index (χ4v) is 2.34. The fraction of sp³-hybridized carbons (Fsp3) is 0.263. The van der Waals surface area contributed by atoms with Crippen molar-refractivity contribution < 1.29 is 33.3 Å². The second-order valence-electron chi connectivity index (χ2n) is 5.18. The molecular formula is C19H20O7. The van der Waals surface area contributed by atoms with Crippen LogP contribution in [-0.2, 0) is 16.1 Å². The number of hydrogen-bond donors (Lipinski definition) is 0. The van der Waals surface area contributed by atoms with E-state index in [1.807, 2.05) is 0 Å². The Bertz CT molecular complexity index is 773. The van der Waals surface area contributed by atoms with E-state index in [2.05, 4.69) is 4.74 Å². The molecule has 0 bridgehead atoms. The van der Waals surface area contributed by atoms with Crippen LogP contribution in [0.3, 0.4) is 0 Å². The molecule has 0 radical (unpaired) electrons. The van der Waals surface area contributed by atoms with Crippen LogP contribution in [0.2, 0.25) is 0 Å². The van der Waals surface area contributed by atoms with Gasteiger partial charge >= 0.3 is 11.9 Å². The van der Waals surface area contributed by atoms with E-state index >= 15 is 0 Å². The second-order valence-corrected chi connectivity index (χ2v) is 5.18. The smallest absolute Gasteiger partial charge is 0.338 e. The van der Waals surface area contributed by atoms with Crippen LogP contribution in [0.1, 0.15) is 26.3 Å². The van der Waals surface area contributed by atoms with Crippen LogP contribution < -0.4 is 14.2 Å². The zero-order valence-electron chi connectivity index (χ0n) is 15.0. The maximum atomic E-state index is 12.4. The zero-order valence-corrected chi connectivity index (χ0v) is 15.0. The summed E-state index contributed by atoms with van der Waals surface area (Å²) in [6, 6.07) is 9.68. The number of rotatable bonds is 7. The first-order valence-electron chi connectivity index (χ1n) is 7.68.